The molecule has 0 saturated heterocycles. The quantitative estimate of drug-likeness (QED) is 0.167. The van der Waals surface area contributed by atoms with Crippen LogP contribution in [0.5, 0.6) is 0 Å². The molecule has 0 radical (unpaired) electrons. The number of hydrogen-bond donors (Lipinski definition) is 0. The van der Waals surface area contributed by atoms with Crippen molar-refractivity contribution in [1.82, 2.24) is 15.0 Å². The van der Waals surface area contributed by atoms with Gasteiger partial charge in [-0.25, -0.2) is 15.0 Å². The van der Waals surface area contributed by atoms with E-state index in [9.17, 15) is 0 Å². The van der Waals surface area contributed by atoms with Gasteiger partial charge in [-0.1, -0.05) is 218 Å². The second kappa shape index (κ2) is 16.2. The van der Waals surface area contributed by atoms with Gasteiger partial charge in [0.05, 0.1) is 5.41 Å². The molecule has 3 aromatic heterocycles. The molecule has 0 bridgehead atoms. The Kier molecular flexibility index (Phi) is 9.09. The van der Waals surface area contributed by atoms with E-state index in [1.54, 1.807) is 11.3 Å². The molecule has 1 spiro atoms. The summed E-state index contributed by atoms with van der Waals surface area (Å²) < 4.78 is 9.08. The van der Waals surface area contributed by atoms with Gasteiger partial charge in [0, 0.05) is 47.6 Å². The summed E-state index contributed by atoms with van der Waals surface area (Å²) in [4.78, 5) is 16.0. The van der Waals surface area contributed by atoms with Crippen molar-refractivity contribution in [3.63, 3.8) is 0 Å². The predicted molar refractivity (Wildman–Crippen MR) is 309 cm³/mol. The van der Waals surface area contributed by atoms with E-state index in [0.717, 1.165) is 66.3 Å². The van der Waals surface area contributed by atoms with E-state index in [4.69, 9.17) is 19.4 Å². The van der Waals surface area contributed by atoms with E-state index in [1.165, 1.54) is 70.4 Å². The largest absolute Gasteiger partial charge is 0.456 e. The smallest absolute Gasteiger partial charge is 0.164 e. The van der Waals surface area contributed by atoms with Crippen LogP contribution < -0.4 is 0 Å². The van der Waals surface area contributed by atoms with Crippen LogP contribution in [0.4, 0.5) is 0 Å². The van der Waals surface area contributed by atoms with E-state index < -0.39 is 5.41 Å². The maximum Gasteiger partial charge on any atom is 0.164 e. The Morgan fingerprint density at radius 2 is 0.773 bits per heavy atom. The maximum absolute atomic E-state index is 6.66. The summed E-state index contributed by atoms with van der Waals surface area (Å²) in [5.41, 5.74) is 21.4. The molecule has 2 aliphatic carbocycles. The fraction of sp³-hybridized carbons (Fsp3) is 0.0143. The van der Waals surface area contributed by atoms with Gasteiger partial charge in [0.1, 0.15) is 11.2 Å². The first-order chi connectivity index (χ1) is 37.2. The first-order valence-corrected chi connectivity index (χ1v) is 26.3. The highest BCUT2D eigenvalue weighted by Gasteiger charge is 2.52. The summed E-state index contributed by atoms with van der Waals surface area (Å²) in [7, 11) is 0. The second-order valence-electron chi connectivity index (χ2n) is 19.7. The first-order valence-electron chi connectivity index (χ1n) is 25.5. The zero-order chi connectivity index (χ0) is 49.2. The van der Waals surface area contributed by atoms with Crippen LogP contribution in [0.2, 0.25) is 0 Å². The molecule has 0 saturated carbocycles. The minimum absolute atomic E-state index is 0.432. The molecule has 0 unspecified atom stereocenters. The van der Waals surface area contributed by atoms with Gasteiger partial charge < -0.3 is 4.42 Å². The Balaban J connectivity index is 0.832. The highest BCUT2D eigenvalue weighted by Crippen LogP contribution is 2.64. The van der Waals surface area contributed by atoms with Crippen LogP contribution in [0.15, 0.2) is 253 Å². The highest BCUT2D eigenvalue weighted by molar-refractivity contribution is 7.25. The van der Waals surface area contributed by atoms with Crippen LogP contribution >= 0.6 is 11.3 Å². The van der Waals surface area contributed by atoms with Crippen LogP contribution in [0, 0.1) is 0 Å². The summed E-state index contributed by atoms with van der Waals surface area (Å²) >= 11 is 1.79. The number of fused-ring (bicyclic) bond motifs is 16. The molecule has 4 nitrogen and oxygen atoms in total. The third-order valence-electron chi connectivity index (χ3n) is 15.8. The summed E-state index contributed by atoms with van der Waals surface area (Å²) in [5, 5.41) is 4.32. The van der Waals surface area contributed by atoms with Gasteiger partial charge in [-0.15, -0.1) is 11.3 Å². The van der Waals surface area contributed by atoms with Crippen molar-refractivity contribution in [3.8, 4) is 89.8 Å². The van der Waals surface area contributed by atoms with Gasteiger partial charge in [-0.2, -0.15) is 0 Å². The van der Waals surface area contributed by atoms with Crippen molar-refractivity contribution < 1.29 is 4.42 Å². The van der Waals surface area contributed by atoms with Crippen molar-refractivity contribution in [2.45, 2.75) is 5.41 Å². The van der Waals surface area contributed by atoms with Crippen molar-refractivity contribution >= 4 is 53.4 Å². The number of hydrogen-bond acceptors (Lipinski definition) is 5. The molecule has 75 heavy (non-hydrogen) atoms. The molecule has 0 N–H and O–H groups in total. The van der Waals surface area contributed by atoms with E-state index in [2.05, 4.69) is 231 Å². The Morgan fingerprint density at radius 1 is 0.293 bits per heavy atom. The molecule has 0 amide bonds. The standard InChI is InChI=1S/C70H41N3OS/c1-2-15-42(16-3-1)43-33-37-46(38-34-43)67-71-68(73-69(72-67)55-24-14-30-63-65(55)53-20-7-11-29-62(53)75-63)54-23-13-28-61-64(54)56-41-47(39-40-60(56)74-61)44-31-35-45(36-32-44)48-21-12-22-52-51-19-6-10-27-59(51)70(66(48)52)57-25-8-4-17-49(57)50-18-5-9-26-58(50)70/h1-41H. The van der Waals surface area contributed by atoms with E-state index in [1.807, 2.05) is 18.2 Å². The lowest BCUT2D eigenvalue weighted by atomic mass is 9.68. The maximum atomic E-state index is 6.66. The number of benzene rings is 11. The van der Waals surface area contributed by atoms with Gasteiger partial charge >= 0.3 is 0 Å². The number of aromatic nitrogens is 3. The van der Waals surface area contributed by atoms with Crippen molar-refractivity contribution in [2.75, 3.05) is 0 Å². The minimum atomic E-state index is -0.432. The van der Waals surface area contributed by atoms with E-state index >= 15 is 0 Å². The van der Waals surface area contributed by atoms with E-state index in [-0.39, 0.29) is 0 Å². The monoisotopic (exact) mass is 971 g/mol. The van der Waals surface area contributed by atoms with Crippen molar-refractivity contribution in [3.05, 3.63) is 271 Å². The third kappa shape index (κ3) is 6.19. The fourth-order valence-corrected chi connectivity index (χ4v) is 13.7. The van der Waals surface area contributed by atoms with Crippen molar-refractivity contribution in [1.29, 1.82) is 0 Å². The Labute approximate surface area is 436 Å². The number of rotatable bonds is 6. The normalized spacial score (nSPS) is 12.9. The molecule has 16 rings (SSSR count). The molecule has 348 valence electrons. The lowest BCUT2D eigenvalue weighted by Crippen LogP contribution is -2.26. The molecular weight excluding hydrogens is 931 g/mol. The van der Waals surface area contributed by atoms with E-state index in [0.29, 0.717) is 17.5 Å². The Morgan fingerprint density at radius 3 is 1.49 bits per heavy atom. The lowest BCUT2D eigenvalue weighted by Gasteiger charge is -2.32. The predicted octanol–water partition coefficient (Wildman–Crippen LogP) is 18.5. The van der Waals surface area contributed by atoms with Gasteiger partial charge in [-0.05, 0) is 108 Å². The molecule has 0 fully saturated rings. The molecule has 0 atom stereocenters. The van der Waals surface area contributed by atoms with Gasteiger partial charge in [-0.3, -0.25) is 0 Å². The van der Waals surface area contributed by atoms with Crippen LogP contribution in [0.3, 0.4) is 0 Å². The van der Waals surface area contributed by atoms with Crippen LogP contribution in [0.1, 0.15) is 22.3 Å². The fourth-order valence-electron chi connectivity index (χ4n) is 12.6. The molecule has 2 aliphatic rings. The Hall–Kier alpha value is -9.55. The van der Waals surface area contributed by atoms with Crippen LogP contribution in [-0.2, 0) is 5.41 Å². The summed E-state index contributed by atoms with van der Waals surface area (Å²) in [6, 6.07) is 89.8. The SMILES string of the molecule is c1ccc(-c2ccc(-c3nc(-c4cccc5oc6ccc(-c7ccc(-c8cccc9c8C8(c%10ccccc%10-c%10ccccc%108)c8ccccc8-9)cc7)cc6c45)nc(-c4cccc5sc6ccccc6c45)n3)cc2)cc1. The number of furan rings is 1. The lowest BCUT2D eigenvalue weighted by molar-refractivity contribution is 0.669. The van der Waals surface area contributed by atoms with Gasteiger partial charge in [0.15, 0.2) is 17.5 Å². The summed E-state index contributed by atoms with van der Waals surface area (Å²) in [5.74, 6) is 1.82. The van der Waals surface area contributed by atoms with Gasteiger partial charge in [0.2, 0.25) is 0 Å². The van der Waals surface area contributed by atoms with Crippen molar-refractivity contribution in [2.24, 2.45) is 0 Å². The highest BCUT2D eigenvalue weighted by atomic mass is 32.1. The van der Waals surface area contributed by atoms with Gasteiger partial charge in [0.25, 0.3) is 0 Å². The zero-order valence-electron chi connectivity index (χ0n) is 40.3. The second-order valence-corrected chi connectivity index (χ2v) is 20.8. The molecule has 0 aliphatic heterocycles. The molecule has 11 aromatic carbocycles. The molecule has 5 heteroatoms. The summed E-state index contributed by atoms with van der Waals surface area (Å²) in [6.45, 7) is 0. The molecular formula is C70H41N3OS. The molecule has 14 aromatic rings. The van der Waals surface area contributed by atoms with Crippen LogP contribution in [-0.4, -0.2) is 15.0 Å². The number of nitrogens with zero attached hydrogens (tertiary/aromatic N) is 3. The minimum Gasteiger partial charge on any atom is -0.456 e. The summed E-state index contributed by atoms with van der Waals surface area (Å²) in [6.07, 6.45) is 0. The van der Waals surface area contributed by atoms with Crippen LogP contribution in [0.25, 0.3) is 132 Å². The Bertz CT molecular complexity index is 4580. The zero-order valence-corrected chi connectivity index (χ0v) is 41.1. The third-order valence-corrected chi connectivity index (χ3v) is 16.9. The molecule has 3 heterocycles. The topological polar surface area (TPSA) is 51.8 Å². The average Bonchev–Trinajstić information content (AvgIpc) is 4.32. The first kappa shape index (κ1) is 42.0. The average molecular weight is 972 g/mol. The number of thiophene rings is 1.